The highest BCUT2D eigenvalue weighted by Crippen LogP contribution is 2.22. The molecule has 0 radical (unpaired) electrons. The minimum atomic E-state index is 0.251. The third-order valence-corrected chi connectivity index (χ3v) is 3.38. The van der Waals surface area contributed by atoms with Gasteiger partial charge in [-0.3, -0.25) is 0 Å². The molecule has 0 aliphatic heterocycles. The van der Waals surface area contributed by atoms with Crippen LogP contribution >= 0.6 is 0 Å². The summed E-state index contributed by atoms with van der Waals surface area (Å²) in [6, 6.07) is 10.9. The maximum atomic E-state index is 6.11. The number of likely N-dealkylation sites (N-methyl/N-ethyl adjacent to an activating group) is 1. The summed E-state index contributed by atoms with van der Waals surface area (Å²) >= 11 is 0. The standard InChI is InChI=1S/C17H29NO/c1-5-16(19-13-12-14(3)4)17(18-6-2)15-10-8-7-9-11-15/h7-11,14,16-18H,5-6,12-13H2,1-4H3. The molecule has 1 rings (SSSR count). The van der Waals surface area contributed by atoms with Gasteiger partial charge in [-0.2, -0.15) is 0 Å². The minimum Gasteiger partial charge on any atom is -0.376 e. The van der Waals surface area contributed by atoms with Gasteiger partial charge in [-0.25, -0.2) is 0 Å². The Morgan fingerprint density at radius 2 is 1.79 bits per heavy atom. The van der Waals surface area contributed by atoms with E-state index in [1.165, 1.54) is 5.56 Å². The van der Waals surface area contributed by atoms with E-state index >= 15 is 0 Å². The summed E-state index contributed by atoms with van der Waals surface area (Å²) in [4.78, 5) is 0. The fourth-order valence-electron chi connectivity index (χ4n) is 2.25. The van der Waals surface area contributed by atoms with Crippen LogP contribution in [0.2, 0.25) is 0 Å². The number of ether oxygens (including phenoxy) is 1. The highest BCUT2D eigenvalue weighted by molar-refractivity contribution is 5.20. The summed E-state index contributed by atoms with van der Waals surface area (Å²) in [5.41, 5.74) is 1.32. The van der Waals surface area contributed by atoms with Crippen molar-refractivity contribution in [2.45, 2.75) is 52.7 Å². The number of nitrogens with one attached hydrogen (secondary N) is 1. The fraction of sp³-hybridized carbons (Fsp3) is 0.647. The lowest BCUT2D eigenvalue weighted by atomic mass is 9.99. The van der Waals surface area contributed by atoms with Crippen LogP contribution in [-0.2, 0) is 4.74 Å². The predicted octanol–water partition coefficient (Wildman–Crippen LogP) is 4.18. The van der Waals surface area contributed by atoms with Crippen molar-refractivity contribution in [1.29, 1.82) is 0 Å². The van der Waals surface area contributed by atoms with Crippen LogP contribution < -0.4 is 5.32 Å². The Hall–Kier alpha value is -0.860. The number of rotatable bonds is 9. The molecule has 0 saturated heterocycles. The first-order valence-electron chi connectivity index (χ1n) is 7.58. The van der Waals surface area contributed by atoms with Gasteiger partial charge in [0.05, 0.1) is 12.1 Å². The van der Waals surface area contributed by atoms with Gasteiger partial charge in [-0.1, -0.05) is 58.0 Å². The first-order chi connectivity index (χ1) is 9.19. The fourth-order valence-corrected chi connectivity index (χ4v) is 2.25. The van der Waals surface area contributed by atoms with Gasteiger partial charge in [-0.15, -0.1) is 0 Å². The molecule has 0 saturated carbocycles. The van der Waals surface area contributed by atoms with Crippen LogP contribution in [0, 0.1) is 5.92 Å². The van der Waals surface area contributed by atoms with Crippen LogP contribution in [0.5, 0.6) is 0 Å². The zero-order chi connectivity index (χ0) is 14.1. The van der Waals surface area contributed by atoms with E-state index in [2.05, 4.69) is 63.3 Å². The Morgan fingerprint density at radius 1 is 1.11 bits per heavy atom. The molecule has 2 atom stereocenters. The summed E-state index contributed by atoms with van der Waals surface area (Å²) in [6.07, 6.45) is 2.41. The van der Waals surface area contributed by atoms with Crippen molar-refractivity contribution in [3.63, 3.8) is 0 Å². The van der Waals surface area contributed by atoms with Gasteiger partial charge in [-0.05, 0) is 30.9 Å². The van der Waals surface area contributed by atoms with E-state index in [-0.39, 0.29) is 6.10 Å². The summed E-state index contributed by atoms with van der Waals surface area (Å²) in [7, 11) is 0. The summed E-state index contributed by atoms with van der Waals surface area (Å²) in [5.74, 6) is 0.701. The average Bonchev–Trinajstić information content (AvgIpc) is 2.42. The van der Waals surface area contributed by atoms with Gasteiger partial charge in [0.1, 0.15) is 0 Å². The van der Waals surface area contributed by atoms with Crippen LogP contribution in [-0.4, -0.2) is 19.3 Å². The number of hydrogen-bond donors (Lipinski definition) is 1. The third-order valence-electron chi connectivity index (χ3n) is 3.38. The molecule has 0 amide bonds. The molecule has 1 aromatic carbocycles. The van der Waals surface area contributed by atoms with E-state index in [1.807, 2.05) is 0 Å². The lowest BCUT2D eigenvalue weighted by Crippen LogP contribution is -2.34. The molecule has 1 N–H and O–H groups in total. The Morgan fingerprint density at radius 3 is 2.32 bits per heavy atom. The SMILES string of the molecule is CCNC(c1ccccc1)C(CC)OCCC(C)C. The molecule has 0 heterocycles. The van der Waals surface area contributed by atoms with Gasteiger partial charge < -0.3 is 10.1 Å². The van der Waals surface area contributed by atoms with Crippen molar-refractivity contribution in [1.82, 2.24) is 5.32 Å². The molecule has 2 nitrogen and oxygen atoms in total. The van der Waals surface area contributed by atoms with Crippen LogP contribution in [0.3, 0.4) is 0 Å². The highest BCUT2D eigenvalue weighted by atomic mass is 16.5. The average molecular weight is 263 g/mol. The lowest BCUT2D eigenvalue weighted by molar-refractivity contribution is 0.0182. The normalized spacial score (nSPS) is 14.6. The zero-order valence-corrected chi connectivity index (χ0v) is 12.9. The largest absolute Gasteiger partial charge is 0.376 e. The molecule has 1 aromatic rings. The van der Waals surface area contributed by atoms with Crippen LogP contribution in [0.4, 0.5) is 0 Å². The summed E-state index contributed by atoms with van der Waals surface area (Å²) < 4.78 is 6.11. The van der Waals surface area contributed by atoms with E-state index in [0.29, 0.717) is 12.0 Å². The maximum absolute atomic E-state index is 6.11. The van der Waals surface area contributed by atoms with Crippen LogP contribution in [0.25, 0.3) is 0 Å². The molecule has 19 heavy (non-hydrogen) atoms. The number of benzene rings is 1. The predicted molar refractivity (Wildman–Crippen MR) is 82.3 cm³/mol. The van der Waals surface area contributed by atoms with Crippen molar-refractivity contribution in [2.75, 3.05) is 13.2 Å². The third kappa shape index (κ3) is 5.75. The second kappa shape index (κ2) is 9.11. The molecule has 2 unspecified atom stereocenters. The Kier molecular flexibility index (Phi) is 7.76. The van der Waals surface area contributed by atoms with Crippen LogP contribution in [0.15, 0.2) is 30.3 Å². The van der Waals surface area contributed by atoms with Crippen molar-refractivity contribution in [2.24, 2.45) is 5.92 Å². The molecule has 0 spiro atoms. The zero-order valence-electron chi connectivity index (χ0n) is 12.9. The lowest BCUT2D eigenvalue weighted by Gasteiger charge is -2.28. The minimum absolute atomic E-state index is 0.251. The quantitative estimate of drug-likeness (QED) is 0.721. The summed E-state index contributed by atoms with van der Waals surface area (Å²) in [5, 5.41) is 3.56. The van der Waals surface area contributed by atoms with E-state index in [9.17, 15) is 0 Å². The molecule has 2 heteroatoms. The molecule has 0 aliphatic carbocycles. The van der Waals surface area contributed by atoms with Gasteiger partial charge in [0, 0.05) is 6.61 Å². The summed E-state index contributed by atoms with van der Waals surface area (Å²) in [6.45, 7) is 10.6. The number of hydrogen-bond acceptors (Lipinski definition) is 2. The van der Waals surface area contributed by atoms with E-state index in [1.54, 1.807) is 0 Å². The van der Waals surface area contributed by atoms with E-state index < -0.39 is 0 Å². The van der Waals surface area contributed by atoms with E-state index in [4.69, 9.17) is 4.74 Å². The van der Waals surface area contributed by atoms with Crippen molar-refractivity contribution >= 4 is 0 Å². The molecular formula is C17H29NO. The van der Waals surface area contributed by atoms with Crippen molar-refractivity contribution in [3.05, 3.63) is 35.9 Å². The molecule has 0 fully saturated rings. The second-order valence-electron chi connectivity index (χ2n) is 5.45. The van der Waals surface area contributed by atoms with Gasteiger partial charge in [0.25, 0.3) is 0 Å². The smallest absolute Gasteiger partial charge is 0.0767 e. The maximum Gasteiger partial charge on any atom is 0.0767 e. The topological polar surface area (TPSA) is 21.3 Å². The van der Waals surface area contributed by atoms with Crippen LogP contribution in [0.1, 0.15) is 52.1 Å². The molecule has 108 valence electrons. The van der Waals surface area contributed by atoms with Gasteiger partial charge >= 0.3 is 0 Å². The molecular weight excluding hydrogens is 234 g/mol. The van der Waals surface area contributed by atoms with Crippen molar-refractivity contribution < 1.29 is 4.74 Å². The second-order valence-corrected chi connectivity index (χ2v) is 5.45. The van der Waals surface area contributed by atoms with E-state index in [0.717, 1.165) is 26.0 Å². The van der Waals surface area contributed by atoms with Gasteiger partial charge in [0.15, 0.2) is 0 Å². The molecule has 0 aliphatic rings. The Bertz CT molecular complexity index is 323. The van der Waals surface area contributed by atoms with Gasteiger partial charge in [0.2, 0.25) is 0 Å². The highest BCUT2D eigenvalue weighted by Gasteiger charge is 2.21. The first kappa shape index (κ1) is 16.2. The molecule has 0 aromatic heterocycles. The monoisotopic (exact) mass is 263 g/mol. The Labute approximate surface area is 118 Å². The Balaban J connectivity index is 2.66. The molecule has 0 bridgehead atoms. The van der Waals surface area contributed by atoms with Crippen molar-refractivity contribution in [3.8, 4) is 0 Å². The first-order valence-corrected chi connectivity index (χ1v) is 7.58.